The van der Waals surface area contributed by atoms with E-state index in [4.69, 9.17) is 21.7 Å². The van der Waals surface area contributed by atoms with Gasteiger partial charge >= 0.3 is 5.97 Å². The number of carbonyl (C=O) groups is 3. The van der Waals surface area contributed by atoms with Gasteiger partial charge in [-0.15, -0.1) is 0 Å². The summed E-state index contributed by atoms with van der Waals surface area (Å²) in [4.78, 5) is 49.0. The molecule has 0 bridgehead atoms. The van der Waals surface area contributed by atoms with E-state index in [0.717, 1.165) is 4.90 Å². The number of nitrogens with zero attached hydrogens (tertiary/aromatic N) is 2. The summed E-state index contributed by atoms with van der Waals surface area (Å²) in [7, 11) is 1.41. The first-order chi connectivity index (χ1) is 18.6. The summed E-state index contributed by atoms with van der Waals surface area (Å²) in [6.07, 6.45) is 1.34. The molecule has 0 aliphatic carbocycles. The van der Waals surface area contributed by atoms with Crippen LogP contribution < -0.4 is 19.7 Å². The highest BCUT2D eigenvalue weighted by Crippen LogP contribution is 2.36. The van der Waals surface area contributed by atoms with Crippen LogP contribution in [0.25, 0.3) is 6.08 Å². The Hall–Kier alpha value is -4.62. The fourth-order valence-corrected chi connectivity index (χ4v) is 4.40. The number of amides is 2. The van der Waals surface area contributed by atoms with E-state index < -0.39 is 22.7 Å². The SMILES string of the molecule is COc1cc(C=C2C(=O)NC(=S)N(c3cccc(C(=O)O)c3)C2=O)c(Br)cc1OCc1cccc([N+](=O)[O-])c1. The summed E-state index contributed by atoms with van der Waals surface area (Å²) < 4.78 is 11.7. The highest BCUT2D eigenvalue weighted by Gasteiger charge is 2.35. The molecule has 2 N–H and O–H groups in total. The lowest BCUT2D eigenvalue weighted by Crippen LogP contribution is -2.54. The average Bonchev–Trinajstić information content (AvgIpc) is 2.90. The minimum atomic E-state index is -1.18. The Morgan fingerprint density at radius 3 is 2.59 bits per heavy atom. The van der Waals surface area contributed by atoms with Crippen LogP contribution in [0.4, 0.5) is 11.4 Å². The number of halogens is 1. The van der Waals surface area contributed by atoms with Gasteiger partial charge in [0.1, 0.15) is 12.2 Å². The molecule has 2 amide bonds. The number of carboxylic acids is 1. The predicted octanol–water partition coefficient (Wildman–Crippen LogP) is 4.47. The minimum absolute atomic E-state index is 0.0214. The normalized spacial score (nSPS) is 14.3. The van der Waals surface area contributed by atoms with Crippen LogP contribution >= 0.6 is 28.1 Å². The van der Waals surface area contributed by atoms with E-state index in [2.05, 4.69) is 21.2 Å². The maximum absolute atomic E-state index is 13.3. The highest BCUT2D eigenvalue weighted by molar-refractivity contribution is 9.10. The molecular weight excluding hydrogens is 594 g/mol. The Morgan fingerprint density at radius 1 is 1.15 bits per heavy atom. The van der Waals surface area contributed by atoms with Crippen molar-refractivity contribution in [2.75, 3.05) is 12.0 Å². The van der Waals surface area contributed by atoms with E-state index in [9.17, 15) is 29.6 Å². The van der Waals surface area contributed by atoms with Crippen molar-refractivity contribution in [2.24, 2.45) is 0 Å². The number of hydrogen-bond donors (Lipinski definition) is 2. The monoisotopic (exact) mass is 611 g/mol. The molecule has 1 aliphatic rings. The van der Waals surface area contributed by atoms with Gasteiger partial charge in [-0.3, -0.25) is 29.9 Å². The van der Waals surface area contributed by atoms with Gasteiger partial charge in [0.25, 0.3) is 17.5 Å². The second-order valence-corrected chi connectivity index (χ2v) is 9.29. The molecule has 1 saturated heterocycles. The molecule has 3 aromatic carbocycles. The largest absolute Gasteiger partial charge is 0.493 e. The van der Waals surface area contributed by atoms with E-state index in [0.29, 0.717) is 21.3 Å². The molecule has 0 aromatic heterocycles. The van der Waals surface area contributed by atoms with Gasteiger partial charge in [-0.2, -0.15) is 0 Å². The lowest BCUT2D eigenvalue weighted by atomic mass is 10.1. The Kier molecular flexibility index (Phi) is 8.02. The number of thiocarbonyl (C=S) groups is 1. The zero-order valence-electron chi connectivity index (χ0n) is 20.0. The van der Waals surface area contributed by atoms with Crippen LogP contribution in [0.5, 0.6) is 11.5 Å². The molecule has 0 atom stereocenters. The van der Waals surface area contributed by atoms with E-state index in [1.165, 1.54) is 49.6 Å². The van der Waals surface area contributed by atoms with Gasteiger partial charge in [0.2, 0.25) is 0 Å². The molecule has 0 unspecified atom stereocenters. The van der Waals surface area contributed by atoms with Crippen molar-refractivity contribution in [3.63, 3.8) is 0 Å². The fourth-order valence-electron chi connectivity index (χ4n) is 3.68. The molecule has 1 heterocycles. The molecule has 13 heteroatoms. The van der Waals surface area contributed by atoms with Crippen LogP contribution in [0, 0.1) is 10.1 Å². The lowest BCUT2D eigenvalue weighted by Gasteiger charge is -2.29. The van der Waals surface area contributed by atoms with Crippen molar-refractivity contribution in [1.29, 1.82) is 0 Å². The van der Waals surface area contributed by atoms with Crippen molar-refractivity contribution < 1.29 is 33.9 Å². The number of rotatable bonds is 8. The number of non-ortho nitro benzene ring substituents is 1. The van der Waals surface area contributed by atoms with Gasteiger partial charge in [-0.1, -0.05) is 34.1 Å². The first-order valence-corrected chi connectivity index (χ1v) is 12.3. The molecular formula is C26H18BrN3O8S. The Labute approximate surface area is 234 Å². The molecule has 3 aromatic rings. The van der Waals surface area contributed by atoms with Gasteiger partial charge in [0, 0.05) is 16.6 Å². The van der Waals surface area contributed by atoms with Crippen LogP contribution in [-0.4, -0.2) is 40.0 Å². The number of anilines is 1. The number of nitrogens with one attached hydrogen (secondary N) is 1. The maximum atomic E-state index is 13.3. The summed E-state index contributed by atoms with van der Waals surface area (Å²) in [6.45, 7) is 0.0214. The molecule has 1 fully saturated rings. The molecule has 1 aliphatic heterocycles. The molecule has 0 spiro atoms. The summed E-state index contributed by atoms with van der Waals surface area (Å²) >= 11 is 8.59. The van der Waals surface area contributed by atoms with Crippen LogP contribution in [0.3, 0.4) is 0 Å². The summed E-state index contributed by atoms with van der Waals surface area (Å²) in [5.41, 5.74) is 0.777. The number of hydrogen-bond acceptors (Lipinski definition) is 8. The van der Waals surface area contributed by atoms with Crippen LogP contribution in [-0.2, 0) is 16.2 Å². The van der Waals surface area contributed by atoms with Gasteiger partial charge in [-0.05, 0) is 59.8 Å². The topological polar surface area (TPSA) is 148 Å². The summed E-state index contributed by atoms with van der Waals surface area (Å²) in [6, 6.07) is 14.7. The van der Waals surface area contributed by atoms with Gasteiger partial charge < -0.3 is 14.6 Å². The lowest BCUT2D eigenvalue weighted by molar-refractivity contribution is -0.384. The zero-order valence-corrected chi connectivity index (χ0v) is 22.4. The Balaban J connectivity index is 1.64. The number of aromatic carboxylic acids is 1. The van der Waals surface area contributed by atoms with E-state index in [-0.39, 0.29) is 40.0 Å². The van der Waals surface area contributed by atoms with Crippen LogP contribution in [0.2, 0.25) is 0 Å². The molecule has 0 radical (unpaired) electrons. The quantitative estimate of drug-likeness (QED) is 0.124. The van der Waals surface area contributed by atoms with Crippen molar-refractivity contribution in [1.82, 2.24) is 5.32 Å². The number of nitro benzene ring substituents is 1. The summed E-state index contributed by atoms with van der Waals surface area (Å²) in [5.74, 6) is -2.07. The van der Waals surface area contributed by atoms with Gasteiger partial charge in [0.05, 0.1) is 23.3 Å². The van der Waals surface area contributed by atoms with Crippen molar-refractivity contribution in [2.45, 2.75) is 6.61 Å². The second-order valence-electron chi connectivity index (χ2n) is 8.05. The third kappa shape index (κ3) is 5.94. The average molecular weight is 612 g/mol. The van der Waals surface area contributed by atoms with Crippen LogP contribution in [0.15, 0.2) is 70.7 Å². The molecule has 11 nitrogen and oxygen atoms in total. The van der Waals surface area contributed by atoms with Crippen molar-refractivity contribution >= 4 is 68.5 Å². The van der Waals surface area contributed by atoms with E-state index in [1.807, 2.05) is 0 Å². The number of nitro groups is 1. The standard InChI is InChI=1S/C26H18BrN3O8S/c1-37-21-11-16(20(27)12-22(21)38-13-14-4-2-7-18(8-14)30(35)36)10-19-23(31)28-26(39)29(24(19)32)17-6-3-5-15(9-17)25(33)34/h2-12H,13H2,1H3,(H,33,34)(H,28,31,39). The number of carboxylic acid groups (broad SMARTS) is 1. The molecule has 39 heavy (non-hydrogen) atoms. The highest BCUT2D eigenvalue weighted by atomic mass is 79.9. The van der Waals surface area contributed by atoms with Crippen molar-refractivity contribution in [3.8, 4) is 11.5 Å². The van der Waals surface area contributed by atoms with Gasteiger partial charge in [-0.25, -0.2) is 4.79 Å². The first kappa shape index (κ1) is 27.4. The maximum Gasteiger partial charge on any atom is 0.335 e. The predicted molar refractivity (Wildman–Crippen MR) is 148 cm³/mol. The van der Waals surface area contributed by atoms with E-state index >= 15 is 0 Å². The smallest absolute Gasteiger partial charge is 0.335 e. The van der Waals surface area contributed by atoms with Crippen LogP contribution in [0.1, 0.15) is 21.5 Å². The summed E-state index contributed by atoms with van der Waals surface area (Å²) in [5, 5.41) is 22.6. The van der Waals surface area contributed by atoms with Crippen molar-refractivity contribution in [3.05, 3.63) is 97.5 Å². The Morgan fingerprint density at radius 2 is 1.90 bits per heavy atom. The Bertz CT molecular complexity index is 1570. The van der Waals surface area contributed by atoms with E-state index in [1.54, 1.807) is 24.3 Å². The molecule has 198 valence electrons. The molecule has 0 saturated carbocycles. The number of methoxy groups -OCH3 is 1. The van der Waals surface area contributed by atoms with Gasteiger partial charge in [0.15, 0.2) is 16.6 Å². The zero-order chi connectivity index (χ0) is 28.3. The minimum Gasteiger partial charge on any atom is -0.493 e. The second kappa shape index (κ2) is 11.4. The number of ether oxygens (including phenoxy) is 2. The first-order valence-electron chi connectivity index (χ1n) is 11.1. The fraction of sp³-hybridized carbons (Fsp3) is 0.0769. The number of benzene rings is 3. The molecule has 4 rings (SSSR count). The number of carbonyl (C=O) groups excluding carboxylic acids is 2. The third-order valence-corrected chi connectivity index (χ3v) is 6.52. The third-order valence-electron chi connectivity index (χ3n) is 5.55.